The lowest BCUT2D eigenvalue weighted by Gasteiger charge is -2.35. The van der Waals surface area contributed by atoms with Crippen molar-refractivity contribution in [2.75, 3.05) is 50.1 Å². The van der Waals surface area contributed by atoms with E-state index in [-0.39, 0.29) is 5.82 Å². The number of nitrogens with zero attached hydrogens (tertiary/aromatic N) is 6. The summed E-state index contributed by atoms with van der Waals surface area (Å²) in [5, 5.41) is 0. The molecule has 6 nitrogen and oxygen atoms in total. The first kappa shape index (κ1) is 20.2. The topological polar surface area (TPSA) is 48.4 Å². The lowest BCUT2D eigenvalue weighted by Crippen LogP contribution is -2.47. The van der Waals surface area contributed by atoms with Gasteiger partial charge in [0.05, 0.1) is 5.69 Å². The highest BCUT2D eigenvalue weighted by Gasteiger charge is 2.21. The van der Waals surface area contributed by atoms with Gasteiger partial charge in [-0.1, -0.05) is 18.2 Å². The van der Waals surface area contributed by atoms with Crippen molar-refractivity contribution in [3.05, 3.63) is 65.7 Å². The fraction of sp³-hybridized carbons (Fsp3) is 0.348. The molecule has 0 aliphatic carbocycles. The molecule has 3 heterocycles. The van der Waals surface area contributed by atoms with Crippen LogP contribution in [0.1, 0.15) is 11.1 Å². The number of pyridine rings is 1. The van der Waals surface area contributed by atoms with Gasteiger partial charge in [-0.3, -0.25) is 0 Å². The molecule has 1 aliphatic rings. The summed E-state index contributed by atoms with van der Waals surface area (Å²) in [5.41, 5.74) is 3.23. The predicted molar refractivity (Wildman–Crippen MR) is 118 cm³/mol. The molecule has 30 heavy (non-hydrogen) atoms. The SMILES string of the molecule is Cc1cnc(N2CCN(c3ccc(CN(C)C)cn3)CC2)nc1-c1ccccc1F. The van der Waals surface area contributed by atoms with Crippen molar-refractivity contribution in [3.63, 3.8) is 0 Å². The molecule has 0 atom stereocenters. The van der Waals surface area contributed by atoms with Gasteiger partial charge in [0.25, 0.3) is 0 Å². The molecule has 2 aromatic heterocycles. The molecule has 0 spiro atoms. The third-order valence-corrected chi connectivity index (χ3v) is 5.28. The molecule has 7 heteroatoms. The maximum Gasteiger partial charge on any atom is 0.225 e. The van der Waals surface area contributed by atoms with E-state index in [1.54, 1.807) is 18.3 Å². The quantitative estimate of drug-likeness (QED) is 0.648. The van der Waals surface area contributed by atoms with Crippen LogP contribution in [0.5, 0.6) is 0 Å². The van der Waals surface area contributed by atoms with E-state index in [2.05, 4.69) is 50.9 Å². The number of benzene rings is 1. The zero-order chi connectivity index (χ0) is 21.1. The molecular weight excluding hydrogens is 379 g/mol. The molecular formula is C23H27FN6. The standard InChI is InChI=1S/C23H27FN6/c1-17-14-26-23(27-22(17)19-6-4-5-7-20(19)24)30-12-10-29(11-13-30)21-9-8-18(15-25-21)16-28(2)3/h4-9,14-15H,10-13,16H2,1-3H3. The van der Waals surface area contributed by atoms with Crippen molar-refractivity contribution in [3.8, 4) is 11.3 Å². The van der Waals surface area contributed by atoms with Crippen LogP contribution in [0.15, 0.2) is 48.8 Å². The Kier molecular flexibility index (Phi) is 5.90. The van der Waals surface area contributed by atoms with Crippen LogP contribution in [-0.4, -0.2) is 60.1 Å². The van der Waals surface area contributed by atoms with E-state index in [0.29, 0.717) is 17.2 Å². The molecule has 0 amide bonds. The Balaban J connectivity index is 1.46. The molecule has 156 valence electrons. The summed E-state index contributed by atoms with van der Waals surface area (Å²) in [7, 11) is 4.11. The third kappa shape index (κ3) is 4.41. The highest BCUT2D eigenvalue weighted by atomic mass is 19.1. The lowest BCUT2D eigenvalue weighted by molar-refractivity contribution is 0.402. The molecule has 0 saturated carbocycles. The van der Waals surface area contributed by atoms with Gasteiger partial charge in [-0.2, -0.15) is 0 Å². The second kappa shape index (κ2) is 8.75. The van der Waals surface area contributed by atoms with Gasteiger partial charge in [-0.25, -0.2) is 19.3 Å². The molecule has 0 radical (unpaired) electrons. The first-order valence-corrected chi connectivity index (χ1v) is 10.2. The van der Waals surface area contributed by atoms with Gasteiger partial charge in [-0.15, -0.1) is 0 Å². The predicted octanol–water partition coefficient (Wildman–Crippen LogP) is 3.37. The number of rotatable bonds is 5. The van der Waals surface area contributed by atoms with E-state index in [0.717, 1.165) is 44.1 Å². The van der Waals surface area contributed by atoms with Crippen molar-refractivity contribution in [2.24, 2.45) is 0 Å². The van der Waals surface area contributed by atoms with Crippen LogP contribution in [0.2, 0.25) is 0 Å². The van der Waals surface area contributed by atoms with Crippen molar-refractivity contribution < 1.29 is 4.39 Å². The molecule has 0 N–H and O–H groups in total. The Labute approximate surface area is 177 Å². The third-order valence-electron chi connectivity index (χ3n) is 5.28. The number of hydrogen-bond acceptors (Lipinski definition) is 6. The van der Waals surface area contributed by atoms with Gasteiger partial charge in [0.1, 0.15) is 11.6 Å². The Morgan fingerprint density at radius 3 is 2.33 bits per heavy atom. The molecule has 1 aromatic carbocycles. The number of hydrogen-bond donors (Lipinski definition) is 0. The minimum Gasteiger partial charge on any atom is -0.353 e. The molecule has 4 rings (SSSR count). The van der Waals surface area contributed by atoms with Crippen LogP contribution < -0.4 is 9.80 Å². The second-order valence-corrected chi connectivity index (χ2v) is 7.92. The Morgan fingerprint density at radius 2 is 1.67 bits per heavy atom. The van der Waals surface area contributed by atoms with Crippen molar-refractivity contribution in [1.82, 2.24) is 19.9 Å². The minimum absolute atomic E-state index is 0.265. The van der Waals surface area contributed by atoms with Gasteiger partial charge in [0.2, 0.25) is 5.95 Å². The van der Waals surface area contributed by atoms with Crippen LogP contribution >= 0.6 is 0 Å². The van der Waals surface area contributed by atoms with E-state index < -0.39 is 0 Å². The molecule has 1 saturated heterocycles. The Bertz CT molecular complexity index is 997. The van der Waals surface area contributed by atoms with Crippen LogP contribution in [-0.2, 0) is 6.54 Å². The highest BCUT2D eigenvalue weighted by Crippen LogP contribution is 2.26. The van der Waals surface area contributed by atoms with Crippen molar-refractivity contribution in [2.45, 2.75) is 13.5 Å². The summed E-state index contributed by atoms with van der Waals surface area (Å²) in [6, 6.07) is 11.0. The molecule has 1 fully saturated rings. The van der Waals surface area contributed by atoms with Crippen molar-refractivity contribution in [1.29, 1.82) is 0 Å². The average molecular weight is 407 g/mol. The number of aromatic nitrogens is 3. The fourth-order valence-corrected chi connectivity index (χ4v) is 3.71. The van der Waals surface area contributed by atoms with Gasteiger partial charge < -0.3 is 14.7 Å². The minimum atomic E-state index is -0.265. The maximum absolute atomic E-state index is 14.3. The van der Waals surface area contributed by atoms with E-state index in [1.165, 1.54) is 11.6 Å². The van der Waals surface area contributed by atoms with E-state index in [4.69, 9.17) is 4.98 Å². The number of piperazine rings is 1. The summed E-state index contributed by atoms with van der Waals surface area (Å²) in [6.07, 6.45) is 3.73. The van der Waals surface area contributed by atoms with Gasteiger partial charge in [-0.05, 0) is 50.3 Å². The molecule has 1 aliphatic heterocycles. The molecule has 0 unspecified atom stereocenters. The van der Waals surface area contributed by atoms with E-state index >= 15 is 0 Å². The summed E-state index contributed by atoms with van der Waals surface area (Å²) in [6.45, 7) is 6.06. The van der Waals surface area contributed by atoms with Gasteiger partial charge in [0, 0.05) is 50.7 Å². The van der Waals surface area contributed by atoms with Crippen molar-refractivity contribution >= 4 is 11.8 Å². The van der Waals surface area contributed by atoms with Gasteiger partial charge >= 0.3 is 0 Å². The second-order valence-electron chi connectivity index (χ2n) is 7.92. The first-order valence-electron chi connectivity index (χ1n) is 10.2. The lowest BCUT2D eigenvalue weighted by atomic mass is 10.1. The summed E-state index contributed by atoms with van der Waals surface area (Å²) >= 11 is 0. The van der Waals surface area contributed by atoms with Crippen LogP contribution in [0.4, 0.5) is 16.2 Å². The fourth-order valence-electron chi connectivity index (χ4n) is 3.71. The largest absolute Gasteiger partial charge is 0.353 e. The van der Waals surface area contributed by atoms with Gasteiger partial charge in [0.15, 0.2) is 0 Å². The Morgan fingerprint density at radius 1 is 0.933 bits per heavy atom. The summed E-state index contributed by atoms with van der Waals surface area (Å²) in [5.74, 6) is 1.38. The maximum atomic E-state index is 14.3. The van der Waals surface area contributed by atoms with Crippen LogP contribution in [0.25, 0.3) is 11.3 Å². The number of anilines is 2. The molecule has 3 aromatic rings. The number of halogens is 1. The Hall–Kier alpha value is -3.06. The zero-order valence-electron chi connectivity index (χ0n) is 17.7. The summed E-state index contributed by atoms with van der Waals surface area (Å²) < 4.78 is 14.3. The van der Waals surface area contributed by atoms with Crippen LogP contribution in [0, 0.1) is 12.7 Å². The summed E-state index contributed by atoms with van der Waals surface area (Å²) in [4.78, 5) is 20.4. The molecule has 0 bridgehead atoms. The number of aryl methyl sites for hydroxylation is 1. The van der Waals surface area contributed by atoms with Crippen LogP contribution in [0.3, 0.4) is 0 Å². The monoisotopic (exact) mass is 406 g/mol. The van der Waals surface area contributed by atoms with E-state index in [1.807, 2.05) is 19.2 Å². The zero-order valence-corrected chi connectivity index (χ0v) is 17.7. The first-order chi connectivity index (χ1) is 14.5. The smallest absolute Gasteiger partial charge is 0.225 e. The van der Waals surface area contributed by atoms with E-state index in [9.17, 15) is 4.39 Å². The highest BCUT2D eigenvalue weighted by molar-refractivity contribution is 5.64. The normalized spacial score (nSPS) is 14.4. The average Bonchev–Trinajstić information content (AvgIpc) is 2.75.